The second-order valence-electron chi connectivity index (χ2n) is 5.42. The molecule has 3 unspecified atom stereocenters. The molecule has 0 bridgehead atoms. The minimum atomic E-state index is -0.310. The maximum Gasteiger partial charge on any atom is 0.240 e. The van der Waals surface area contributed by atoms with Gasteiger partial charge in [-0.05, 0) is 51.3 Å². The Labute approximate surface area is 108 Å². The number of carbonyl (C=O) groups excluding carboxylic acids is 1. The van der Waals surface area contributed by atoms with E-state index in [2.05, 4.69) is 17.6 Å². The molecule has 0 aromatic rings. The van der Waals surface area contributed by atoms with Crippen LogP contribution in [0.3, 0.4) is 0 Å². The highest BCUT2D eigenvalue weighted by atomic mass is 32.2. The molecular formula is C13H24N2OS. The second kappa shape index (κ2) is 5.61. The smallest absolute Gasteiger partial charge is 0.240 e. The van der Waals surface area contributed by atoms with Crippen LogP contribution in [0.5, 0.6) is 0 Å². The summed E-state index contributed by atoms with van der Waals surface area (Å²) in [6.45, 7) is 5.21. The molecule has 2 rings (SSSR count). The molecule has 2 fully saturated rings. The zero-order chi connectivity index (χ0) is 12.3. The Balaban J connectivity index is 1.80. The average molecular weight is 256 g/mol. The minimum absolute atomic E-state index is 0.210. The third-order valence-corrected chi connectivity index (χ3v) is 5.22. The van der Waals surface area contributed by atoms with E-state index in [-0.39, 0.29) is 11.4 Å². The highest BCUT2D eigenvalue weighted by Crippen LogP contribution is 2.30. The fourth-order valence-electron chi connectivity index (χ4n) is 2.89. The summed E-state index contributed by atoms with van der Waals surface area (Å²) in [6, 6.07) is 0.408. The lowest BCUT2D eigenvalue weighted by molar-refractivity contribution is -0.127. The first-order valence-corrected chi connectivity index (χ1v) is 7.86. The lowest BCUT2D eigenvalue weighted by Crippen LogP contribution is -2.53. The van der Waals surface area contributed by atoms with Gasteiger partial charge < -0.3 is 10.6 Å². The molecule has 2 N–H and O–H groups in total. The summed E-state index contributed by atoms with van der Waals surface area (Å²) < 4.78 is 0. The van der Waals surface area contributed by atoms with Crippen molar-refractivity contribution in [1.29, 1.82) is 0 Å². The van der Waals surface area contributed by atoms with Crippen LogP contribution in [0.1, 0.15) is 46.0 Å². The number of hydrogen-bond acceptors (Lipinski definition) is 3. The van der Waals surface area contributed by atoms with Crippen LogP contribution in [0.15, 0.2) is 0 Å². The van der Waals surface area contributed by atoms with Crippen molar-refractivity contribution in [2.75, 3.05) is 12.3 Å². The van der Waals surface area contributed by atoms with Gasteiger partial charge in [-0.2, -0.15) is 11.8 Å². The molecule has 1 aliphatic heterocycles. The van der Waals surface area contributed by atoms with Crippen molar-refractivity contribution in [1.82, 2.24) is 10.6 Å². The molecule has 1 saturated heterocycles. The van der Waals surface area contributed by atoms with Crippen LogP contribution < -0.4 is 10.6 Å². The van der Waals surface area contributed by atoms with E-state index < -0.39 is 0 Å². The molecule has 4 heteroatoms. The van der Waals surface area contributed by atoms with E-state index in [9.17, 15) is 4.79 Å². The molecule has 0 aromatic carbocycles. The molecule has 1 amide bonds. The first-order valence-electron chi connectivity index (χ1n) is 6.81. The van der Waals surface area contributed by atoms with Gasteiger partial charge in [0.15, 0.2) is 0 Å². The number of hydrogen-bond donors (Lipinski definition) is 2. The highest BCUT2D eigenvalue weighted by Gasteiger charge is 2.37. The lowest BCUT2D eigenvalue weighted by atomic mass is 9.99. The molecule has 0 radical (unpaired) electrons. The van der Waals surface area contributed by atoms with Crippen molar-refractivity contribution in [3.8, 4) is 0 Å². The van der Waals surface area contributed by atoms with Crippen molar-refractivity contribution in [2.45, 2.75) is 62.8 Å². The van der Waals surface area contributed by atoms with E-state index in [0.29, 0.717) is 6.04 Å². The zero-order valence-electron chi connectivity index (χ0n) is 10.9. The first-order chi connectivity index (χ1) is 8.14. The summed E-state index contributed by atoms with van der Waals surface area (Å²) in [4.78, 5) is 12.2. The monoisotopic (exact) mass is 256 g/mol. The van der Waals surface area contributed by atoms with Gasteiger partial charge in [-0.3, -0.25) is 4.79 Å². The normalized spacial score (nSPS) is 37.3. The number of nitrogens with one attached hydrogen (secondary N) is 2. The van der Waals surface area contributed by atoms with Gasteiger partial charge in [0.1, 0.15) is 0 Å². The van der Waals surface area contributed by atoms with Gasteiger partial charge in [-0.15, -0.1) is 0 Å². The van der Waals surface area contributed by atoms with Gasteiger partial charge in [0.2, 0.25) is 5.91 Å². The Bertz CT molecular complexity index is 277. The first kappa shape index (κ1) is 13.2. The summed E-state index contributed by atoms with van der Waals surface area (Å²) in [7, 11) is 0. The maximum atomic E-state index is 12.2. The fraction of sp³-hybridized carbons (Fsp3) is 0.923. The quantitative estimate of drug-likeness (QED) is 0.807. The SMILES string of the molecule is CCSC1CCC(NC(=O)C2(C)CCCN2)C1. The van der Waals surface area contributed by atoms with E-state index in [1.54, 1.807) is 0 Å². The van der Waals surface area contributed by atoms with E-state index in [1.807, 2.05) is 18.7 Å². The van der Waals surface area contributed by atoms with Gasteiger partial charge in [0.05, 0.1) is 5.54 Å². The van der Waals surface area contributed by atoms with Gasteiger partial charge in [-0.1, -0.05) is 6.92 Å². The fourth-order valence-corrected chi connectivity index (χ4v) is 4.03. The molecule has 0 spiro atoms. The van der Waals surface area contributed by atoms with Crippen LogP contribution in [-0.2, 0) is 4.79 Å². The summed E-state index contributed by atoms with van der Waals surface area (Å²) in [5.74, 6) is 1.40. The number of carbonyl (C=O) groups is 1. The summed E-state index contributed by atoms with van der Waals surface area (Å²) in [6.07, 6.45) is 5.65. The van der Waals surface area contributed by atoms with Gasteiger partial charge in [0.25, 0.3) is 0 Å². The van der Waals surface area contributed by atoms with E-state index in [4.69, 9.17) is 0 Å². The van der Waals surface area contributed by atoms with Crippen LogP contribution in [0, 0.1) is 0 Å². The van der Waals surface area contributed by atoms with Crippen LogP contribution in [0.4, 0.5) is 0 Å². The predicted molar refractivity (Wildman–Crippen MR) is 73.3 cm³/mol. The molecule has 3 nitrogen and oxygen atoms in total. The largest absolute Gasteiger partial charge is 0.352 e. The van der Waals surface area contributed by atoms with Crippen molar-refractivity contribution in [3.63, 3.8) is 0 Å². The molecule has 0 aromatic heterocycles. The number of rotatable bonds is 4. The minimum Gasteiger partial charge on any atom is -0.352 e. The van der Waals surface area contributed by atoms with Gasteiger partial charge in [0, 0.05) is 11.3 Å². The Hall–Kier alpha value is -0.220. The maximum absolute atomic E-state index is 12.2. The van der Waals surface area contributed by atoms with Crippen LogP contribution >= 0.6 is 11.8 Å². The van der Waals surface area contributed by atoms with Gasteiger partial charge in [-0.25, -0.2) is 0 Å². The molecular weight excluding hydrogens is 232 g/mol. The average Bonchev–Trinajstić information content (AvgIpc) is 2.90. The van der Waals surface area contributed by atoms with Gasteiger partial charge >= 0.3 is 0 Å². The molecule has 3 atom stereocenters. The van der Waals surface area contributed by atoms with Crippen LogP contribution in [0.2, 0.25) is 0 Å². The molecule has 1 aliphatic carbocycles. The third kappa shape index (κ3) is 3.16. The summed E-state index contributed by atoms with van der Waals surface area (Å²) in [5.41, 5.74) is -0.310. The van der Waals surface area contributed by atoms with Crippen LogP contribution in [0.25, 0.3) is 0 Å². The van der Waals surface area contributed by atoms with Crippen LogP contribution in [-0.4, -0.2) is 35.0 Å². The van der Waals surface area contributed by atoms with E-state index >= 15 is 0 Å². The second-order valence-corrected chi connectivity index (χ2v) is 7.00. The molecule has 2 aliphatic rings. The van der Waals surface area contributed by atoms with Crippen molar-refractivity contribution in [3.05, 3.63) is 0 Å². The highest BCUT2D eigenvalue weighted by molar-refractivity contribution is 7.99. The molecule has 1 heterocycles. The van der Waals surface area contributed by atoms with Crippen molar-refractivity contribution in [2.24, 2.45) is 0 Å². The Morgan fingerprint density at radius 1 is 1.53 bits per heavy atom. The summed E-state index contributed by atoms with van der Waals surface area (Å²) >= 11 is 2.03. The third-order valence-electron chi connectivity index (χ3n) is 3.99. The number of amides is 1. The zero-order valence-corrected chi connectivity index (χ0v) is 11.7. The van der Waals surface area contributed by atoms with Crippen molar-refractivity contribution < 1.29 is 4.79 Å². The molecule has 17 heavy (non-hydrogen) atoms. The topological polar surface area (TPSA) is 41.1 Å². The Kier molecular flexibility index (Phi) is 4.36. The summed E-state index contributed by atoms with van der Waals surface area (Å²) in [5, 5.41) is 7.32. The molecule has 1 saturated carbocycles. The molecule has 98 valence electrons. The predicted octanol–water partition coefficient (Wildman–Crippen LogP) is 1.92. The lowest BCUT2D eigenvalue weighted by Gasteiger charge is -2.25. The van der Waals surface area contributed by atoms with E-state index in [1.165, 1.54) is 12.2 Å². The Morgan fingerprint density at radius 3 is 3.00 bits per heavy atom. The standard InChI is InChI=1S/C13H24N2OS/c1-3-17-11-6-5-10(9-11)15-12(16)13(2)7-4-8-14-13/h10-11,14H,3-9H2,1-2H3,(H,15,16). The Morgan fingerprint density at radius 2 is 2.35 bits per heavy atom. The number of thioether (sulfide) groups is 1. The van der Waals surface area contributed by atoms with Crippen molar-refractivity contribution >= 4 is 17.7 Å². The van der Waals surface area contributed by atoms with E-state index in [0.717, 1.165) is 37.5 Å².